The summed E-state index contributed by atoms with van der Waals surface area (Å²) in [5, 5.41) is 19.4. The maximum absolute atomic E-state index is 13.2. The molecule has 1 aromatic carbocycles. The lowest BCUT2D eigenvalue weighted by molar-refractivity contribution is -0.303. The van der Waals surface area contributed by atoms with Crippen LogP contribution in [0.2, 0.25) is 0 Å². The molecular weight excluding hydrogens is 587 g/mol. The van der Waals surface area contributed by atoms with Crippen LogP contribution in [0.25, 0.3) is 11.0 Å². The number of aliphatic carboxylic acids is 2. The number of carbonyl (C=O) groups is 3. The van der Waals surface area contributed by atoms with Gasteiger partial charge < -0.3 is 15.1 Å². The molecule has 0 radical (unpaired) electrons. The molecule has 3 heterocycles. The van der Waals surface area contributed by atoms with E-state index in [1.54, 1.807) is 12.2 Å². The van der Waals surface area contributed by atoms with Gasteiger partial charge in [0, 0.05) is 11.4 Å². The molecule has 4 rings (SSSR count). The van der Waals surface area contributed by atoms with Gasteiger partial charge in [-0.15, -0.1) is 11.3 Å². The second-order valence-corrected chi connectivity index (χ2v) is 11.9. The number of carboxylic acids is 2. The van der Waals surface area contributed by atoms with Crippen LogP contribution in [0.15, 0.2) is 39.0 Å². The van der Waals surface area contributed by atoms with Crippen molar-refractivity contribution in [3.05, 3.63) is 54.4 Å². The second-order valence-electron chi connectivity index (χ2n) is 8.19. The van der Waals surface area contributed by atoms with Crippen molar-refractivity contribution >= 4 is 85.9 Å². The van der Waals surface area contributed by atoms with E-state index in [-0.39, 0.29) is 24.5 Å². The summed E-state index contributed by atoms with van der Waals surface area (Å²) in [6.07, 6.45) is 3.11. The summed E-state index contributed by atoms with van der Waals surface area (Å²) in [7, 11) is 1.45. The van der Waals surface area contributed by atoms with Gasteiger partial charge in [0.25, 0.3) is 11.5 Å². The van der Waals surface area contributed by atoms with Crippen LogP contribution < -0.4 is 19.7 Å². The number of benzene rings is 1. The number of carboxylic acid groups (broad SMARTS) is 2. The third-order valence-electron chi connectivity index (χ3n) is 5.70. The number of thioether (sulfide) groups is 2. The number of amides is 1. The van der Waals surface area contributed by atoms with Crippen LogP contribution in [0, 0.1) is 0 Å². The van der Waals surface area contributed by atoms with E-state index < -0.39 is 36.5 Å². The molecule has 1 aromatic heterocycles. The molecule has 1 saturated heterocycles. The Kier molecular flexibility index (Phi) is 8.98. The zero-order chi connectivity index (χ0) is 28.4. The summed E-state index contributed by atoms with van der Waals surface area (Å²) in [5.41, 5.74) is 1.34. The predicted molar refractivity (Wildman–Crippen MR) is 153 cm³/mol. The largest absolute Gasteiger partial charge is 0.480 e. The Hall–Kier alpha value is -2.95. The van der Waals surface area contributed by atoms with Gasteiger partial charge >= 0.3 is 11.9 Å². The highest BCUT2D eigenvalue weighted by atomic mass is 32.2. The van der Waals surface area contributed by atoms with Gasteiger partial charge in [0.15, 0.2) is 0 Å². The molecule has 2 aromatic rings. The SMILES string of the molecule is CCN1/C(=C/C=c2/s/c(=C3\SC(=S)N(CC(=O)O)C3=O)n(CC(=O)O)c2=O)Sc2ccc(C(C)OOC)cc21. The number of fused-ring (bicyclic) bond motifs is 1. The maximum Gasteiger partial charge on any atom is 0.323 e. The molecule has 1 fully saturated rings. The molecule has 2 N–H and O–H groups in total. The van der Waals surface area contributed by atoms with Gasteiger partial charge in [-0.3, -0.25) is 28.6 Å². The zero-order valence-electron chi connectivity index (χ0n) is 20.9. The van der Waals surface area contributed by atoms with Crippen LogP contribution in [0.5, 0.6) is 0 Å². The van der Waals surface area contributed by atoms with Gasteiger partial charge in [-0.05, 0) is 43.7 Å². The topological polar surface area (TPSA) is 139 Å². The first kappa shape index (κ1) is 29.0. The average Bonchev–Trinajstić information content (AvgIpc) is 3.48. The molecule has 1 atom stereocenters. The van der Waals surface area contributed by atoms with Crippen molar-refractivity contribution in [1.82, 2.24) is 9.47 Å². The Labute approximate surface area is 239 Å². The molecule has 2 aliphatic heterocycles. The standard InChI is InChI=1S/C24H23N3O8S4/c1-4-25-14-9-13(12(2)35-34-3)5-6-15(14)37-17(25)8-7-16-21(32)26(10-18(28)29)23(38-16)20-22(33)27(11-19(30)31)24(36)39-20/h5-9,12H,4,10-11H2,1-3H3,(H,28,29)(H,30,31)/b16-7+,17-8-,23-20-. The van der Waals surface area contributed by atoms with E-state index in [1.807, 2.05) is 32.0 Å². The number of hydrogen-bond donors (Lipinski definition) is 2. The quantitative estimate of drug-likeness (QED) is 0.244. The molecule has 206 valence electrons. The minimum absolute atomic E-state index is 0.0228. The number of thiocarbonyl (C=S) groups is 1. The van der Waals surface area contributed by atoms with Crippen LogP contribution >= 0.6 is 47.1 Å². The van der Waals surface area contributed by atoms with Crippen LogP contribution in [-0.2, 0) is 30.7 Å². The average molecular weight is 610 g/mol. The summed E-state index contributed by atoms with van der Waals surface area (Å²) < 4.78 is 1.36. The molecule has 1 unspecified atom stereocenters. The summed E-state index contributed by atoms with van der Waals surface area (Å²) in [6.45, 7) is 3.24. The van der Waals surface area contributed by atoms with Crippen molar-refractivity contribution in [3.63, 3.8) is 0 Å². The molecule has 0 saturated carbocycles. The van der Waals surface area contributed by atoms with Gasteiger partial charge in [0.05, 0.1) is 22.4 Å². The van der Waals surface area contributed by atoms with E-state index in [4.69, 9.17) is 27.1 Å². The first-order valence-electron chi connectivity index (χ1n) is 11.5. The Bertz CT molecular complexity index is 1580. The molecule has 11 nitrogen and oxygen atoms in total. The lowest BCUT2D eigenvalue weighted by atomic mass is 10.1. The van der Waals surface area contributed by atoms with E-state index in [0.29, 0.717) is 6.54 Å². The number of aromatic nitrogens is 1. The molecule has 15 heteroatoms. The maximum atomic E-state index is 13.2. The number of carbonyl (C=O) groups excluding carboxylic acids is 1. The van der Waals surface area contributed by atoms with E-state index in [9.17, 15) is 24.3 Å². The fourth-order valence-corrected chi connectivity index (χ4v) is 7.51. The second kappa shape index (κ2) is 12.1. The van der Waals surface area contributed by atoms with Crippen molar-refractivity contribution in [1.29, 1.82) is 0 Å². The first-order chi connectivity index (χ1) is 18.5. The number of anilines is 1. The van der Waals surface area contributed by atoms with Crippen molar-refractivity contribution in [2.45, 2.75) is 31.4 Å². The highest BCUT2D eigenvalue weighted by Crippen LogP contribution is 2.46. The van der Waals surface area contributed by atoms with E-state index in [0.717, 1.165) is 53.7 Å². The van der Waals surface area contributed by atoms with Gasteiger partial charge in [-0.1, -0.05) is 41.8 Å². The van der Waals surface area contributed by atoms with E-state index in [1.165, 1.54) is 18.9 Å². The summed E-state index contributed by atoms with van der Waals surface area (Å²) in [6, 6.07) is 5.96. The normalized spacial score (nSPS) is 18.8. The smallest absolute Gasteiger partial charge is 0.323 e. The minimum atomic E-state index is -1.26. The Balaban J connectivity index is 1.77. The molecule has 2 aliphatic rings. The van der Waals surface area contributed by atoms with Gasteiger partial charge in [-0.2, -0.15) is 0 Å². The molecule has 1 amide bonds. The van der Waals surface area contributed by atoms with Crippen LogP contribution in [-0.4, -0.2) is 62.0 Å². The number of allylic oxidation sites excluding steroid dienone is 1. The van der Waals surface area contributed by atoms with Crippen molar-refractivity contribution < 1.29 is 34.4 Å². The third kappa shape index (κ3) is 5.97. The van der Waals surface area contributed by atoms with Crippen molar-refractivity contribution in [2.75, 3.05) is 25.1 Å². The minimum Gasteiger partial charge on any atom is -0.480 e. The predicted octanol–water partition coefficient (Wildman–Crippen LogP) is 1.94. The van der Waals surface area contributed by atoms with Gasteiger partial charge in [-0.25, -0.2) is 9.78 Å². The molecule has 39 heavy (non-hydrogen) atoms. The van der Waals surface area contributed by atoms with Crippen LogP contribution in [0.4, 0.5) is 5.69 Å². The van der Waals surface area contributed by atoms with Gasteiger partial charge in [0.1, 0.15) is 33.1 Å². The Morgan fingerprint density at radius 1 is 1.10 bits per heavy atom. The van der Waals surface area contributed by atoms with E-state index in [2.05, 4.69) is 4.90 Å². The fraction of sp³-hybridized carbons (Fsp3) is 0.292. The van der Waals surface area contributed by atoms with E-state index >= 15 is 0 Å². The number of hydrogen-bond acceptors (Lipinski definition) is 11. The molecule has 0 spiro atoms. The summed E-state index contributed by atoms with van der Waals surface area (Å²) in [5.74, 6) is -3.19. The van der Waals surface area contributed by atoms with Crippen LogP contribution in [0.3, 0.4) is 0 Å². The van der Waals surface area contributed by atoms with Crippen molar-refractivity contribution in [2.24, 2.45) is 0 Å². The lowest BCUT2D eigenvalue weighted by Gasteiger charge is -2.19. The number of rotatable bonds is 9. The number of thiazole rings is 1. The van der Waals surface area contributed by atoms with Gasteiger partial charge in [0.2, 0.25) is 0 Å². The molecule has 0 bridgehead atoms. The summed E-state index contributed by atoms with van der Waals surface area (Å²) in [4.78, 5) is 62.9. The summed E-state index contributed by atoms with van der Waals surface area (Å²) >= 11 is 8.48. The zero-order valence-corrected chi connectivity index (χ0v) is 24.2. The Morgan fingerprint density at radius 2 is 1.82 bits per heavy atom. The monoisotopic (exact) mass is 609 g/mol. The first-order valence-corrected chi connectivity index (χ1v) is 14.3. The number of nitrogens with zero attached hydrogens (tertiary/aromatic N) is 3. The highest BCUT2D eigenvalue weighted by molar-refractivity contribution is 8.30. The fourth-order valence-electron chi connectivity index (χ4n) is 3.95. The van der Waals surface area contributed by atoms with Crippen molar-refractivity contribution in [3.8, 4) is 0 Å². The molecule has 0 aliphatic carbocycles. The Morgan fingerprint density at radius 3 is 2.46 bits per heavy atom. The third-order valence-corrected chi connectivity index (χ3v) is 9.54. The van der Waals surface area contributed by atoms with Crippen LogP contribution in [0.1, 0.15) is 25.5 Å². The molecular formula is C24H23N3O8S4. The lowest BCUT2D eigenvalue weighted by Crippen LogP contribution is -2.36. The highest BCUT2D eigenvalue weighted by Gasteiger charge is 2.35.